The molecule has 4 aromatic rings. The average Bonchev–Trinajstić information content (AvgIpc) is 2.81. The fourth-order valence-electron chi connectivity index (χ4n) is 3.47. The molecule has 33 heavy (non-hydrogen) atoms. The van der Waals surface area contributed by atoms with Crippen molar-refractivity contribution >= 4 is 23.2 Å². The molecule has 2 N–H and O–H groups in total. The maximum Gasteiger partial charge on any atom is 0.255 e. The fraction of sp³-hybridized carbons (Fsp3) is 0.185. The summed E-state index contributed by atoms with van der Waals surface area (Å²) in [4.78, 5) is 26.0. The van der Waals surface area contributed by atoms with Gasteiger partial charge in [0, 0.05) is 22.5 Å². The van der Waals surface area contributed by atoms with Gasteiger partial charge in [-0.15, -0.1) is 0 Å². The molecule has 1 amide bonds. The normalized spacial score (nSPS) is 11.2. The van der Waals surface area contributed by atoms with Crippen LogP contribution in [0.4, 0.5) is 17.3 Å². The summed E-state index contributed by atoms with van der Waals surface area (Å²) >= 11 is 0. The summed E-state index contributed by atoms with van der Waals surface area (Å²) in [6, 6.07) is 23.2. The number of nitrogens with zero attached hydrogens (tertiary/aromatic N) is 3. The van der Waals surface area contributed by atoms with Crippen LogP contribution in [0.2, 0.25) is 0 Å². The van der Waals surface area contributed by atoms with Crippen LogP contribution in [0, 0.1) is 6.92 Å². The molecule has 0 saturated heterocycles. The lowest BCUT2D eigenvalue weighted by Gasteiger charge is -2.19. The molecule has 0 bridgehead atoms. The first-order valence-electron chi connectivity index (χ1n) is 10.8. The number of nitrogens with one attached hydrogen (secondary N) is 2. The zero-order valence-electron chi connectivity index (χ0n) is 19.3. The van der Waals surface area contributed by atoms with Crippen molar-refractivity contribution in [2.24, 2.45) is 0 Å². The highest BCUT2D eigenvalue weighted by Crippen LogP contribution is 2.28. The van der Waals surface area contributed by atoms with Gasteiger partial charge in [0.05, 0.1) is 0 Å². The summed E-state index contributed by atoms with van der Waals surface area (Å²) in [7, 11) is 0. The van der Waals surface area contributed by atoms with Crippen molar-refractivity contribution in [1.82, 2.24) is 15.0 Å². The SMILES string of the molecule is Cc1c(NC(=O)c2ccc(C(C)(C)C)cc2)cccc1-c1ncnc(Nc2ccccc2)n1. The molecule has 0 aliphatic carbocycles. The molecule has 0 unspecified atom stereocenters. The van der Waals surface area contributed by atoms with E-state index in [1.54, 1.807) is 0 Å². The Morgan fingerprint density at radius 1 is 0.848 bits per heavy atom. The third kappa shape index (κ3) is 5.23. The van der Waals surface area contributed by atoms with E-state index in [4.69, 9.17) is 0 Å². The number of para-hydroxylation sites is 1. The van der Waals surface area contributed by atoms with E-state index in [1.165, 1.54) is 11.9 Å². The lowest BCUT2D eigenvalue weighted by molar-refractivity contribution is 0.102. The molecule has 0 saturated carbocycles. The van der Waals surface area contributed by atoms with Gasteiger partial charge in [0.25, 0.3) is 5.91 Å². The molecule has 1 heterocycles. The Labute approximate surface area is 194 Å². The average molecular weight is 438 g/mol. The molecule has 3 aromatic carbocycles. The highest BCUT2D eigenvalue weighted by atomic mass is 16.1. The predicted octanol–water partition coefficient (Wildman–Crippen LogP) is 6.14. The Hall–Kier alpha value is -4.06. The van der Waals surface area contributed by atoms with E-state index >= 15 is 0 Å². The zero-order valence-corrected chi connectivity index (χ0v) is 19.3. The number of carbonyl (C=O) groups is 1. The van der Waals surface area contributed by atoms with Crippen LogP contribution in [0.5, 0.6) is 0 Å². The van der Waals surface area contributed by atoms with Gasteiger partial charge in [-0.3, -0.25) is 4.79 Å². The molecular formula is C27H27N5O. The van der Waals surface area contributed by atoms with Crippen molar-refractivity contribution in [2.75, 3.05) is 10.6 Å². The molecule has 0 spiro atoms. The Bertz CT molecular complexity index is 1260. The Morgan fingerprint density at radius 2 is 1.58 bits per heavy atom. The van der Waals surface area contributed by atoms with Gasteiger partial charge in [-0.25, -0.2) is 9.97 Å². The standard InChI is InChI=1S/C27H27N5O/c1-18-22(24-28-17-29-26(32-24)30-21-9-6-5-7-10-21)11-8-12-23(18)31-25(33)19-13-15-20(16-14-19)27(2,3)4/h5-17H,1-4H3,(H,31,33)(H,28,29,30,32). The molecule has 1 aromatic heterocycles. The van der Waals surface area contributed by atoms with Crippen LogP contribution >= 0.6 is 0 Å². The number of amides is 1. The first-order valence-corrected chi connectivity index (χ1v) is 10.8. The number of rotatable bonds is 5. The quantitative estimate of drug-likeness (QED) is 0.392. The van der Waals surface area contributed by atoms with Crippen molar-refractivity contribution in [2.45, 2.75) is 33.1 Å². The number of carbonyl (C=O) groups excluding carboxylic acids is 1. The van der Waals surface area contributed by atoms with E-state index in [0.29, 0.717) is 17.3 Å². The number of hydrogen-bond donors (Lipinski definition) is 2. The van der Waals surface area contributed by atoms with Crippen LogP contribution in [-0.4, -0.2) is 20.9 Å². The van der Waals surface area contributed by atoms with Crippen LogP contribution in [0.15, 0.2) is 79.1 Å². The topological polar surface area (TPSA) is 79.8 Å². The van der Waals surface area contributed by atoms with E-state index < -0.39 is 0 Å². The highest BCUT2D eigenvalue weighted by Gasteiger charge is 2.16. The number of anilines is 3. The maximum absolute atomic E-state index is 12.9. The Balaban J connectivity index is 1.56. The monoisotopic (exact) mass is 437 g/mol. The van der Waals surface area contributed by atoms with Crippen molar-refractivity contribution in [1.29, 1.82) is 0 Å². The van der Waals surface area contributed by atoms with Gasteiger partial charge in [0.1, 0.15) is 6.33 Å². The molecule has 166 valence electrons. The molecule has 0 atom stereocenters. The minimum atomic E-state index is -0.155. The predicted molar refractivity (Wildman–Crippen MR) is 133 cm³/mol. The molecule has 6 nitrogen and oxygen atoms in total. The molecule has 0 aliphatic rings. The molecule has 0 fully saturated rings. The zero-order chi connectivity index (χ0) is 23.4. The van der Waals surface area contributed by atoms with Gasteiger partial charge in [-0.1, -0.05) is 63.2 Å². The summed E-state index contributed by atoms with van der Waals surface area (Å²) in [6.45, 7) is 8.40. The van der Waals surface area contributed by atoms with E-state index in [1.807, 2.05) is 79.7 Å². The van der Waals surface area contributed by atoms with Crippen molar-refractivity contribution in [3.8, 4) is 11.4 Å². The number of aromatic nitrogens is 3. The second-order valence-electron chi connectivity index (χ2n) is 8.88. The maximum atomic E-state index is 12.9. The van der Waals surface area contributed by atoms with Crippen LogP contribution in [0.25, 0.3) is 11.4 Å². The largest absolute Gasteiger partial charge is 0.324 e. The summed E-state index contributed by atoms with van der Waals surface area (Å²) in [5.41, 5.74) is 5.16. The smallest absolute Gasteiger partial charge is 0.255 e. The van der Waals surface area contributed by atoms with Crippen LogP contribution < -0.4 is 10.6 Å². The third-order valence-electron chi connectivity index (χ3n) is 5.44. The lowest BCUT2D eigenvalue weighted by Crippen LogP contribution is -2.15. The van der Waals surface area contributed by atoms with Crippen LogP contribution in [0.3, 0.4) is 0 Å². The molecule has 0 radical (unpaired) electrons. The second kappa shape index (κ2) is 9.20. The Morgan fingerprint density at radius 3 is 2.27 bits per heavy atom. The van der Waals surface area contributed by atoms with Gasteiger partial charge in [0.2, 0.25) is 5.95 Å². The number of hydrogen-bond acceptors (Lipinski definition) is 5. The second-order valence-corrected chi connectivity index (χ2v) is 8.88. The highest BCUT2D eigenvalue weighted by molar-refractivity contribution is 6.05. The van der Waals surface area contributed by atoms with E-state index in [0.717, 1.165) is 22.5 Å². The first kappa shape index (κ1) is 22.1. The summed E-state index contributed by atoms with van der Waals surface area (Å²) < 4.78 is 0. The van der Waals surface area contributed by atoms with Gasteiger partial charge in [0.15, 0.2) is 5.82 Å². The van der Waals surface area contributed by atoms with E-state index in [2.05, 4.69) is 46.4 Å². The third-order valence-corrected chi connectivity index (χ3v) is 5.44. The van der Waals surface area contributed by atoms with Crippen molar-refractivity contribution < 1.29 is 4.79 Å². The van der Waals surface area contributed by atoms with Gasteiger partial charge >= 0.3 is 0 Å². The Kier molecular flexibility index (Phi) is 6.18. The van der Waals surface area contributed by atoms with Crippen molar-refractivity contribution in [3.05, 3.63) is 95.8 Å². The van der Waals surface area contributed by atoms with Crippen molar-refractivity contribution in [3.63, 3.8) is 0 Å². The summed E-state index contributed by atoms with van der Waals surface area (Å²) in [5, 5.41) is 6.21. The first-order chi connectivity index (χ1) is 15.8. The van der Waals surface area contributed by atoms with E-state index in [9.17, 15) is 4.79 Å². The fourth-order valence-corrected chi connectivity index (χ4v) is 3.47. The summed E-state index contributed by atoms with van der Waals surface area (Å²) in [5.74, 6) is 0.836. The minimum Gasteiger partial charge on any atom is -0.324 e. The minimum absolute atomic E-state index is 0.0404. The molecule has 4 rings (SSSR count). The van der Waals surface area contributed by atoms with Crippen LogP contribution in [-0.2, 0) is 5.41 Å². The van der Waals surface area contributed by atoms with E-state index in [-0.39, 0.29) is 11.3 Å². The molecule has 6 heteroatoms. The van der Waals surface area contributed by atoms with Gasteiger partial charge < -0.3 is 10.6 Å². The van der Waals surface area contributed by atoms with Gasteiger partial charge in [-0.2, -0.15) is 4.98 Å². The van der Waals surface area contributed by atoms with Crippen LogP contribution in [0.1, 0.15) is 42.3 Å². The molecule has 0 aliphatic heterocycles. The van der Waals surface area contributed by atoms with Gasteiger partial charge in [-0.05, 0) is 53.8 Å². The number of benzene rings is 3. The molecular weight excluding hydrogens is 410 g/mol. The summed E-state index contributed by atoms with van der Waals surface area (Å²) in [6.07, 6.45) is 1.48. The lowest BCUT2D eigenvalue weighted by atomic mass is 9.86.